The van der Waals surface area contributed by atoms with Crippen molar-refractivity contribution >= 4 is 57.5 Å². The topological polar surface area (TPSA) is 228 Å². The van der Waals surface area contributed by atoms with E-state index in [9.17, 15) is 18.4 Å². The van der Waals surface area contributed by atoms with E-state index in [0.29, 0.717) is 59.0 Å². The number of carbonyl (C=O) groups excluding carboxylic acids is 2. The van der Waals surface area contributed by atoms with Crippen LogP contribution in [0.25, 0.3) is 0 Å². The van der Waals surface area contributed by atoms with Gasteiger partial charge >= 0.3 is 6.09 Å². The first kappa shape index (κ1) is 58.2. The average molecular weight is 1090 g/mol. The molecular weight excluding hydrogens is 1010 g/mol. The number of halogens is 2. The van der Waals surface area contributed by atoms with Crippen LogP contribution in [0.1, 0.15) is 62.5 Å². The molecule has 8 N–H and O–H groups in total. The van der Waals surface area contributed by atoms with Gasteiger partial charge < -0.3 is 71.8 Å². The highest BCUT2D eigenvalue weighted by Gasteiger charge is 2.46. The predicted molar refractivity (Wildman–Crippen MR) is 311 cm³/mol. The van der Waals surface area contributed by atoms with Crippen molar-refractivity contribution in [3.63, 3.8) is 0 Å². The van der Waals surface area contributed by atoms with Gasteiger partial charge in [0.1, 0.15) is 5.60 Å². The summed E-state index contributed by atoms with van der Waals surface area (Å²) in [6.45, 7) is 24.0. The number of piperidine rings is 3. The molecule has 1 spiro atoms. The van der Waals surface area contributed by atoms with Gasteiger partial charge in [0, 0.05) is 143 Å². The highest BCUT2D eigenvalue weighted by atomic mass is 19.1. The quantitative estimate of drug-likeness (QED) is 0.170. The smallest absolute Gasteiger partial charge is 0.410 e. The van der Waals surface area contributed by atoms with Crippen LogP contribution in [0.2, 0.25) is 0 Å². The lowest BCUT2D eigenvalue weighted by molar-refractivity contribution is -0.129. The normalized spacial score (nSPS) is 20.4. The van der Waals surface area contributed by atoms with E-state index >= 15 is 0 Å². The van der Waals surface area contributed by atoms with E-state index in [2.05, 4.69) is 63.0 Å². The molecule has 0 radical (unpaired) electrons. The summed E-state index contributed by atoms with van der Waals surface area (Å²) < 4.78 is 33.4. The van der Waals surface area contributed by atoms with Crippen LogP contribution in [0.4, 0.5) is 59.1 Å². The molecule has 2 amide bonds. The fourth-order valence-electron chi connectivity index (χ4n) is 12.1. The molecule has 0 aromatic carbocycles. The van der Waals surface area contributed by atoms with E-state index in [1.54, 1.807) is 35.4 Å². The Labute approximate surface area is 465 Å². The molecule has 4 aromatic heterocycles. The Bertz CT molecular complexity index is 2620. The second-order valence-corrected chi connectivity index (χ2v) is 22.6. The summed E-state index contributed by atoms with van der Waals surface area (Å²) >= 11 is 0. The first-order chi connectivity index (χ1) is 37.9. The van der Waals surface area contributed by atoms with E-state index in [-0.39, 0.29) is 29.2 Å². The number of nitrogens with two attached hydrogens (primary N) is 4. The van der Waals surface area contributed by atoms with Crippen LogP contribution in [-0.2, 0) is 9.53 Å². The number of pyridine rings is 4. The van der Waals surface area contributed by atoms with Crippen LogP contribution in [0, 0.1) is 37.3 Å². The van der Waals surface area contributed by atoms with Gasteiger partial charge in [-0.25, -0.2) is 13.6 Å². The maximum absolute atomic E-state index is 13.9. The minimum Gasteiger partial charge on any atom is -0.441 e. The van der Waals surface area contributed by atoms with E-state index in [0.717, 1.165) is 146 Å². The standard InChI is InChI=1S/C16H26FN5.C16H23FN4.C14H20N4O2.C11H16N4O/c1-20-6-8-21(9-7-20)12-13-2-4-22(5-3-13)16-14(17)10-19-11-15(16)18;1-12-3-2-6-21(12)11-13-4-7-20(8-5-13)16-14(17)9-19-10-15(16)18;1-10-7-16-8-11(15)12(10)18-5-3-14(4-6-18)9-17(2)13(19)20-14;1-8-5-13-6-9(12)11(8)15-4-3-14(2)10(16)7-15/h10-11,13H,2-9,12,18H2,1H3;9-10,13H,1-8,11,18H2;7-8H,3-6,9,15H2,1-2H3;5-6H,3-4,7,12H2,1-2H3. The van der Waals surface area contributed by atoms with Crippen molar-refractivity contribution in [2.24, 2.45) is 11.8 Å². The number of piperazine rings is 2. The molecule has 7 aliphatic rings. The van der Waals surface area contributed by atoms with Crippen LogP contribution in [-0.4, -0.2) is 194 Å². The zero-order valence-corrected chi connectivity index (χ0v) is 47.3. The number of ether oxygens (including phenoxy) is 1. The van der Waals surface area contributed by atoms with Crippen molar-refractivity contribution < 1.29 is 23.1 Å². The number of amides is 2. The molecule has 7 fully saturated rings. The van der Waals surface area contributed by atoms with Gasteiger partial charge in [-0.1, -0.05) is 6.58 Å². The van der Waals surface area contributed by atoms with E-state index in [4.69, 9.17) is 27.7 Å². The molecule has 7 saturated heterocycles. The van der Waals surface area contributed by atoms with E-state index in [1.807, 2.05) is 32.0 Å². The summed E-state index contributed by atoms with van der Waals surface area (Å²) in [5, 5.41) is 0. The third kappa shape index (κ3) is 14.7. The number of hydrogen-bond donors (Lipinski definition) is 4. The number of carbonyl (C=O) groups is 2. The Morgan fingerprint density at radius 3 is 1.48 bits per heavy atom. The molecule has 0 atom stereocenters. The van der Waals surface area contributed by atoms with Crippen LogP contribution >= 0.6 is 0 Å². The third-order valence-corrected chi connectivity index (χ3v) is 16.8. The zero-order valence-electron chi connectivity index (χ0n) is 47.3. The number of rotatable bonds is 8. The highest BCUT2D eigenvalue weighted by Crippen LogP contribution is 2.37. The Morgan fingerprint density at radius 1 is 0.570 bits per heavy atom. The molecule has 4 aromatic rings. The van der Waals surface area contributed by atoms with Crippen molar-refractivity contribution in [2.45, 2.75) is 70.8 Å². The van der Waals surface area contributed by atoms with Crippen LogP contribution in [0.3, 0.4) is 0 Å². The molecule has 0 saturated carbocycles. The van der Waals surface area contributed by atoms with Crippen LogP contribution in [0.5, 0.6) is 0 Å². The predicted octanol–water partition coefficient (Wildman–Crippen LogP) is 5.54. The van der Waals surface area contributed by atoms with Gasteiger partial charge in [0.2, 0.25) is 5.91 Å². The Hall–Kier alpha value is -6.94. The maximum atomic E-state index is 13.9. The number of hydrogen-bond acceptors (Lipinski definition) is 18. The zero-order chi connectivity index (χ0) is 56.4. The van der Waals surface area contributed by atoms with Gasteiger partial charge in [0.25, 0.3) is 0 Å². The van der Waals surface area contributed by atoms with Crippen molar-refractivity contribution in [1.82, 2.24) is 44.4 Å². The molecule has 20 nitrogen and oxygen atoms in total. The lowest BCUT2D eigenvalue weighted by Crippen LogP contribution is -2.49. The number of allylic oxidation sites excluding steroid dienone is 1. The number of anilines is 8. The van der Waals surface area contributed by atoms with Gasteiger partial charge in [-0.15, -0.1) is 0 Å². The van der Waals surface area contributed by atoms with Crippen LogP contribution in [0.15, 0.2) is 61.9 Å². The molecule has 430 valence electrons. The van der Waals surface area contributed by atoms with Gasteiger partial charge in [-0.05, 0) is 82.4 Å². The van der Waals surface area contributed by atoms with Gasteiger partial charge in [0.05, 0.1) is 95.8 Å². The SMILES string of the molecule is C=C1CCCN1CC1CCN(c2c(N)cncc2F)CC1.CN1CCN(CC2CCN(c3c(N)cncc3F)CC2)CC1.Cc1cncc(N)c1N1CCC2(CC1)CN(C)C(=O)O2.Cc1cncc(N)c1N1CCN(C)C(=O)C1. The van der Waals surface area contributed by atoms with Gasteiger partial charge in [-0.2, -0.15) is 0 Å². The molecule has 7 aliphatic heterocycles. The first-order valence-electron chi connectivity index (χ1n) is 28.1. The van der Waals surface area contributed by atoms with Crippen molar-refractivity contribution in [1.29, 1.82) is 0 Å². The van der Waals surface area contributed by atoms with Gasteiger partial charge in [0.15, 0.2) is 11.6 Å². The van der Waals surface area contributed by atoms with Gasteiger partial charge in [-0.3, -0.25) is 24.7 Å². The number of likely N-dealkylation sites (N-methyl/N-ethyl adjacent to an activating group) is 3. The largest absolute Gasteiger partial charge is 0.441 e. The third-order valence-electron chi connectivity index (χ3n) is 16.8. The summed E-state index contributed by atoms with van der Waals surface area (Å²) in [4.78, 5) is 58.1. The van der Waals surface area contributed by atoms with Crippen molar-refractivity contribution in [3.05, 3.63) is 84.6 Å². The minimum atomic E-state index is -0.318. The summed E-state index contributed by atoms with van der Waals surface area (Å²) in [5.74, 6) is 0.883. The van der Waals surface area contributed by atoms with Crippen molar-refractivity contribution in [2.75, 3.05) is 175 Å². The molecule has 22 heteroatoms. The molecule has 11 heterocycles. The monoisotopic (exact) mass is 1090 g/mol. The molecule has 0 unspecified atom stereocenters. The number of nitrogen functional groups attached to an aromatic ring is 4. The Morgan fingerprint density at radius 2 is 1.04 bits per heavy atom. The number of nitrogens with zero attached hydrogens (tertiary/aromatic N) is 13. The number of aromatic nitrogens is 4. The average Bonchev–Trinajstić information content (AvgIpc) is 3.98. The summed E-state index contributed by atoms with van der Waals surface area (Å²) in [6, 6.07) is 0. The molecular formula is C57H85F2N17O3. The second kappa shape index (κ2) is 26.3. The number of aryl methyl sites for hydroxylation is 2. The lowest BCUT2D eigenvalue weighted by atomic mass is 9.91. The second-order valence-electron chi connectivity index (χ2n) is 22.6. The maximum Gasteiger partial charge on any atom is 0.410 e. The van der Waals surface area contributed by atoms with Crippen molar-refractivity contribution in [3.8, 4) is 0 Å². The number of likely N-dealkylation sites (tertiary alicyclic amines) is 1. The Balaban J connectivity index is 0.000000140. The molecule has 11 rings (SSSR count). The first-order valence-corrected chi connectivity index (χ1v) is 28.1. The fourth-order valence-corrected chi connectivity index (χ4v) is 12.1. The Kier molecular flexibility index (Phi) is 19.4. The lowest BCUT2D eigenvalue weighted by Gasteiger charge is -2.39. The fraction of sp³-hybridized carbons (Fsp3) is 0.579. The summed E-state index contributed by atoms with van der Waals surface area (Å²) in [7, 11) is 5.79. The highest BCUT2D eigenvalue weighted by molar-refractivity contribution is 5.85. The van der Waals surface area contributed by atoms with Crippen LogP contribution < -0.4 is 42.5 Å². The van der Waals surface area contributed by atoms with E-state index in [1.165, 1.54) is 56.5 Å². The molecule has 0 bridgehead atoms. The summed E-state index contributed by atoms with van der Waals surface area (Å²) in [5.41, 5.74) is 32.1. The summed E-state index contributed by atoms with van der Waals surface area (Å²) in [6.07, 6.45) is 20.7. The molecule has 79 heavy (non-hydrogen) atoms. The minimum absolute atomic E-state index is 0.127. The van der Waals surface area contributed by atoms with E-state index < -0.39 is 0 Å². The molecule has 0 aliphatic carbocycles.